The van der Waals surface area contributed by atoms with Crippen LogP contribution in [0.4, 0.5) is 0 Å². The second-order valence-corrected chi connectivity index (χ2v) is 5.80. The number of aromatic amines is 1. The first-order chi connectivity index (χ1) is 11.3. The fourth-order valence-electron chi connectivity index (χ4n) is 1.97. The number of nitrogens with one attached hydrogen (secondary N) is 2. The Balaban J connectivity index is 1.47. The van der Waals surface area contributed by atoms with Crippen molar-refractivity contribution in [3.8, 4) is 0 Å². The van der Waals surface area contributed by atoms with Crippen LogP contribution in [0.25, 0.3) is 0 Å². The summed E-state index contributed by atoms with van der Waals surface area (Å²) in [6, 6.07) is 9.27. The van der Waals surface area contributed by atoms with Crippen LogP contribution in [-0.4, -0.2) is 27.4 Å². The number of hydrogen-bond donors (Lipinski definition) is 2. The molecule has 0 aliphatic rings. The number of pyridine rings is 1. The Morgan fingerprint density at radius 2 is 2.26 bits per heavy atom. The molecule has 6 nitrogen and oxygen atoms in total. The van der Waals surface area contributed by atoms with Crippen molar-refractivity contribution in [1.82, 2.24) is 20.3 Å². The third-order valence-corrected chi connectivity index (χ3v) is 4.09. The third-order valence-electron chi connectivity index (χ3n) is 3.12. The van der Waals surface area contributed by atoms with Gasteiger partial charge in [0.15, 0.2) is 5.76 Å². The molecule has 7 heteroatoms. The number of furan rings is 1. The van der Waals surface area contributed by atoms with Gasteiger partial charge in [-0.25, -0.2) is 9.97 Å². The highest BCUT2D eigenvalue weighted by atomic mass is 32.2. The normalized spacial score (nSPS) is 10.6. The maximum absolute atomic E-state index is 12.0. The van der Waals surface area contributed by atoms with Crippen LogP contribution in [0.2, 0.25) is 0 Å². The van der Waals surface area contributed by atoms with E-state index >= 15 is 0 Å². The quantitative estimate of drug-likeness (QED) is 0.651. The highest BCUT2D eigenvalue weighted by molar-refractivity contribution is 7.98. The average molecular weight is 328 g/mol. The molecule has 3 heterocycles. The van der Waals surface area contributed by atoms with Crippen LogP contribution in [0, 0.1) is 0 Å². The molecule has 23 heavy (non-hydrogen) atoms. The fraction of sp³-hybridized carbons (Fsp3) is 0.188. The molecule has 1 amide bonds. The van der Waals surface area contributed by atoms with Crippen molar-refractivity contribution in [2.45, 2.75) is 17.2 Å². The van der Waals surface area contributed by atoms with Gasteiger partial charge in [-0.3, -0.25) is 4.79 Å². The number of nitrogens with zero attached hydrogens (tertiary/aromatic N) is 2. The molecule has 0 fully saturated rings. The molecule has 118 valence electrons. The molecule has 0 spiro atoms. The standard InChI is InChI=1S/C16H16N4O2S/c21-16(19-8-6-12-9-17-11-20-12)14-5-4-13(22-14)10-23-15-3-1-2-7-18-15/h1-5,7,9,11H,6,8,10H2,(H,17,20)(H,19,21). The Morgan fingerprint density at radius 3 is 3.04 bits per heavy atom. The minimum absolute atomic E-state index is 0.210. The van der Waals surface area contributed by atoms with E-state index in [-0.39, 0.29) is 5.91 Å². The van der Waals surface area contributed by atoms with Gasteiger partial charge in [0.25, 0.3) is 5.91 Å². The maximum Gasteiger partial charge on any atom is 0.287 e. The molecular weight excluding hydrogens is 312 g/mol. The maximum atomic E-state index is 12.0. The second-order valence-electron chi connectivity index (χ2n) is 4.81. The number of carbonyl (C=O) groups is 1. The number of aromatic nitrogens is 3. The molecular formula is C16H16N4O2S. The Bertz CT molecular complexity index is 741. The molecule has 0 aromatic carbocycles. The van der Waals surface area contributed by atoms with Crippen molar-refractivity contribution in [3.63, 3.8) is 0 Å². The first kappa shape index (κ1) is 15.4. The van der Waals surface area contributed by atoms with Gasteiger partial charge in [-0.05, 0) is 24.3 Å². The third kappa shape index (κ3) is 4.46. The zero-order chi connectivity index (χ0) is 15.9. The number of thioether (sulfide) groups is 1. The van der Waals surface area contributed by atoms with Crippen molar-refractivity contribution in [2.75, 3.05) is 6.54 Å². The van der Waals surface area contributed by atoms with Gasteiger partial charge in [0.05, 0.1) is 17.1 Å². The van der Waals surface area contributed by atoms with Crippen molar-refractivity contribution in [1.29, 1.82) is 0 Å². The lowest BCUT2D eigenvalue weighted by atomic mass is 10.3. The highest BCUT2D eigenvalue weighted by Gasteiger charge is 2.11. The molecule has 0 radical (unpaired) electrons. The Kier molecular flexibility index (Phi) is 5.10. The summed E-state index contributed by atoms with van der Waals surface area (Å²) >= 11 is 1.57. The van der Waals surface area contributed by atoms with Gasteiger partial charge in [0, 0.05) is 31.1 Å². The lowest BCUT2D eigenvalue weighted by Crippen LogP contribution is -2.25. The minimum atomic E-state index is -0.210. The van der Waals surface area contributed by atoms with Crippen LogP contribution in [-0.2, 0) is 12.2 Å². The smallest absolute Gasteiger partial charge is 0.287 e. The predicted octanol–water partition coefficient (Wildman–Crippen LogP) is 2.66. The van der Waals surface area contributed by atoms with E-state index in [1.807, 2.05) is 24.3 Å². The molecule has 0 saturated heterocycles. The molecule has 3 aromatic heterocycles. The zero-order valence-electron chi connectivity index (χ0n) is 12.4. The van der Waals surface area contributed by atoms with Crippen LogP contribution in [0.5, 0.6) is 0 Å². The zero-order valence-corrected chi connectivity index (χ0v) is 13.2. The summed E-state index contributed by atoms with van der Waals surface area (Å²) in [5.41, 5.74) is 0.984. The second kappa shape index (κ2) is 7.64. The lowest BCUT2D eigenvalue weighted by Gasteiger charge is -2.02. The van der Waals surface area contributed by atoms with Crippen molar-refractivity contribution < 1.29 is 9.21 Å². The number of H-pyrrole nitrogens is 1. The Morgan fingerprint density at radius 1 is 1.30 bits per heavy atom. The SMILES string of the molecule is O=C(NCCc1cnc[nH]1)c1ccc(CSc2ccccn2)o1. The highest BCUT2D eigenvalue weighted by Crippen LogP contribution is 2.21. The molecule has 0 aliphatic carbocycles. The van der Waals surface area contributed by atoms with Crippen molar-refractivity contribution >= 4 is 17.7 Å². The van der Waals surface area contributed by atoms with E-state index in [9.17, 15) is 4.79 Å². The first-order valence-corrected chi connectivity index (χ1v) is 8.18. The van der Waals surface area contributed by atoms with Gasteiger partial charge in [0.2, 0.25) is 0 Å². The molecule has 0 atom stereocenters. The van der Waals surface area contributed by atoms with Crippen LogP contribution in [0.3, 0.4) is 0 Å². The van der Waals surface area contributed by atoms with Crippen molar-refractivity contribution in [3.05, 3.63) is 66.3 Å². The summed E-state index contributed by atoms with van der Waals surface area (Å²) in [7, 11) is 0. The van der Waals surface area contributed by atoms with Gasteiger partial charge in [-0.15, -0.1) is 0 Å². The fourth-order valence-corrected chi connectivity index (χ4v) is 2.73. The summed E-state index contributed by atoms with van der Waals surface area (Å²) in [5, 5.41) is 3.75. The van der Waals surface area contributed by atoms with Crippen LogP contribution >= 0.6 is 11.8 Å². The number of rotatable bonds is 7. The van der Waals surface area contributed by atoms with Gasteiger partial charge in [-0.1, -0.05) is 17.8 Å². The van der Waals surface area contributed by atoms with E-state index in [0.717, 1.165) is 16.5 Å². The molecule has 2 N–H and O–H groups in total. The van der Waals surface area contributed by atoms with E-state index in [2.05, 4.69) is 20.3 Å². The molecule has 0 aliphatic heterocycles. The van der Waals surface area contributed by atoms with E-state index in [0.29, 0.717) is 24.5 Å². The van der Waals surface area contributed by atoms with Gasteiger partial charge < -0.3 is 14.7 Å². The van der Waals surface area contributed by atoms with Gasteiger partial charge in [-0.2, -0.15) is 0 Å². The summed E-state index contributed by atoms with van der Waals surface area (Å²) in [6.07, 6.45) is 5.82. The molecule has 3 aromatic rings. The summed E-state index contributed by atoms with van der Waals surface area (Å²) in [6.45, 7) is 0.528. The van der Waals surface area contributed by atoms with E-state index in [1.165, 1.54) is 0 Å². The van der Waals surface area contributed by atoms with Crippen LogP contribution in [0.15, 0.2) is 58.5 Å². The van der Waals surface area contributed by atoms with E-state index < -0.39 is 0 Å². The summed E-state index contributed by atoms with van der Waals surface area (Å²) < 4.78 is 5.57. The number of hydrogen-bond acceptors (Lipinski definition) is 5. The number of imidazole rings is 1. The Labute approximate surface area is 137 Å². The van der Waals surface area contributed by atoms with Crippen LogP contribution < -0.4 is 5.32 Å². The first-order valence-electron chi connectivity index (χ1n) is 7.19. The Hall–Kier alpha value is -2.54. The van der Waals surface area contributed by atoms with Gasteiger partial charge in [0.1, 0.15) is 5.76 Å². The molecule has 0 saturated carbocycles. The molecule has 0 bridgehead atoms. The molecule has 3 rings (SSSR count). The average Bonchev–Trinajstić information content (AvgIpc) is 3.25. The predicted molar refractivity (Wildman–Crippen MR) is 87.1 cm³/mol. The topological polar surface area (TPSA) is 83.8 Å². The van der Waals surface area contributed by atoms with E-state index in [1.54, 1.807) is 36.5 Å². The molecule has 0 unspecified atom stereocenters. The lowest BCUT2D eigenvalue weighted by molar-refractivity contribution is 0.0925. The van der Waals surface area contributed by atoms with Crippen molar-refractivity contribution in [2.24, 2.45) is 0 Å². The number of amides is 1. The monoisotopic (exact) mass is 328 g/mol. The van der Waals surface area contributed by atoms with Crippen LogP contribution in [0.1, 0.15) is 22.0 Å². The summed E-state index contributed by atoms with van der Waals surface area (Å²) in [4.78, 5) is 23.2. The largest absolute Gasteiger partial charge is 0.455 e. The van der Waals surface area contributed by atoms with E-state index in [4.69, 9.17) is 4.42 Å². The van der Waals surface area contributed by atoms with Gasteiger partial charge >= 0.3 is 0 Å². The minimum Gasteiger partial charge on any atom is -0.455 e. The summed E-state index contributed by atoms with van der Waals surface area (Å²) in [5.74, 6) is 1.50. The number of carbonyl (C=O) groups excluding carboxylic acids is 1.